The second-order valence-electron chi connectivity index (χ2n) is 6.38. The molecule has 0 spiro atoms. The average molecular weight is 340 g/mol. The van der Waals surface area contributed by atoms with Gasteiger partial charge in [0, 0.05) is 18.2 Å². The lowest BCUT2D eigenvalue weighted by Gasteiger charge is -2.15. The van der Waals surface area contributed by atoms with Crippen LogP contribution in [0.15, 0.2) is 48.5 Å². The quantitative estimate of drug-likeness (QED) is 0.835. The Hall–Kier alpha value is -2.53. The number of nitrogens with two attached hydrogens (primary N) is 1. The second-order valence-corrected chi connectivity index (χ2v) is 6.38. The summed E-state index contributed by atoms with van der Waals surface area (Å²) in [6.07, 6.45) is 3.67. The summed E-state index contributed by atoms with van der Waals surface area (Å²) in [6.45, 7) is 0. The fourth-order valence-corrected chi connectivity index (χ4v) is 3.21. The first-order valence-corrected chi connectivity index (χ1v) is 8.62. The Labute approximate surface area is 148 Å². The SMILES string of the molecule is COc1ccccc1Oc1ccc(NC(=O)C[C@@H]2CCC[C@H]2N)cc1. The van der Waals surface area contributed by atoms with Crippen LogP contribution in [0.5, 0.6) is 17.2 Å². The van der Waals surface area contributed by atoms with E-state index in [1.165, 1.54) is 0 Å². The number of hydrogen-bond donors (Lipinski definition) is 2. The normalized spacial score (nSPS) is 19.4. The Morgan fingerprint density at radius 2 is 1.84 bits per heavy atom. The molecule has 0 radical (unpaired) electrons. The standard InChI is InChI=1S/C20H24N2O3/c1-24-18-7-2-3-8-19(18)25-16-11-9-15(10-12-16)22-20(23)13-14-5-4-6-17(14)21/h2-3,7-12,14,17H,4-6,13,21H2,1H3,(H,22,23)/t14-,17+/m0/s1. The molecule has 0 bridgehead atoms. The Bertz CT molecular complexity index is 715. The van der Waals surface area contributed by atoms with Crippen molar-refractivity contribution in [3.05, 3.63) is 48.5 Å². The van der Waals surface area contributed by atoms with Crippen molar-refractivity contribution in [3.63, 3.8) is 0 Å². The summed E-state index contributed by atoms with van der Waals surface area (Å²) < 4.78 is 11.1. The van der Waals surface area contributed by atoms with Crippen LogP contribution in [0.2, 0.25) is 0 Å². The maximum atomic E-state index is 12.2. The Kier molecular flexibility index (Phi) is 5.56. The van der Waals surface area contributed by atoms with Crippen LogP contribution in [-0.2, 0) is 4.79 Å². The van der Waals surface area contributed by atoms with Crippen LogP contribution in [-0.4, -0.2) is 19.1 Å². The monoisotopic (exact) mass is 340 g/mol. The number of anilines is 1. The van der Waals surface area contributed by atoms with Gasteiger partial charge in [0.15, 0.2) is 11.5 Å². The van der Waals surface area contributed by atoms with Gasteiger partial charge in [-0.2, -0.15) is 0 Å². The molecule has 25 heavy (non-hydrogen) atoms. The molecule has 0 heterocycles. The Morgan fingerprint density at radius 3 is 2.48 bits per heavy atom. The van der Waals surface area contributed by atoms with E-state index in [1.54, 1.807) is 7.11 Å². The third-order valence-corrected chi connectivity index (χ3v) is 4.60. The molecular weight excluding hydrogens is 316 g/mol. The molecule has 0 aromatic heterocycles. The van der Waals surface area contributed by atoms with Gasteiger partial charge in [-0.3, -0.25) is 4.79 Å². The van der Waals surface area contributed by atoms with Crippen LogP contribution >= 0.6 is 0 Å². The summed E-state index contributed by atoms with van der Waals surface area (Å²) in [4.78, 5) is 12.2. The minimum Gasteiger partial charge on any atom is -0.493 e. The van der Waals surface area contributed by atoms with Gasteiger partial charge < -0.3 is 20.5 Å². The van der Waals surface area contributed by atoms with Crippen LogP contribution in [0.3, 0.4) is 0 Å². The van der Waals surface area contributed by atoms with Crippen molar-refractivity contribution in [2.24, 2.45) is 11.7 Å². The second kappa shape index (κ2) is 8.03. The van der Waals surface area contributed by atoms with E-state index in [0.717, 1.165) is 24.9 Å². The van der Waals surface area contributed by atoms with E-state index >= 15 is 0 Å². The number of carbonyl (C=O) groups excluding carboxylic acids is 1. The fraction of sp³-hybridized carbons (Fsp3) is 0.350. The summed E-state index contributed by atoms with van der Waals surface area (Å²) in [6, 6.07) is 14.9. The van der Waals surface area contributed by atoms with Gasteiger partial charge in [0.05, 0.1) is 7.11 Å². The van der Waals surface area contributed by atoms with E-state index in [9.17, 15) is 4.79 Å². The molecule has 0 saturated heterocycles. The number of hydrogen-bond acceptors (Lipinski definition) is 4. The van der Waals surface area contributed by atoms with Crippen LogP contribution in [0.1, 0.15) is 25.7 Å². The molecule has 1 fully saturated rings. The molecule has 2 aromatic carbocycles. The highest BCUT2D eigenvalue weighted by molar-refractivity contribution is 5.90. The van der Waals surface area contributed by atoms with Crippen molar-refractivity contribution in [1.82, 2.24) is 0 Å². The predicted octanol–water partition coefficient (Wildman–Crippen LogP) is 3.94. The van der Waals surface area contributed by atoms with Crippen molar-refractivity contribution < 1.29 is 14.3 Å². The van der Waals surface area contributed by atoms with E-state index in [1.807, 2.05) is 48.5 Å². The van der Waals surface area contributed by atoms with Gasteiger partial charge in [-0.25, -0.2) is 0 Å². The van der Waals surface area contributed by atoms with Crippen molar-refractivity contribution in [1.29, 1.82) is 0 Å². The first kappa shape index (κ1) is 17.3. The molecule has 1 saturated carbocycles. The summed E-state index contributed by atoms with van der Waals surface area (Å²) in [5.41, 5.74) is 6.78. The van der Waals surface area contributed by atoms with E-state index in [2.05, 4.69) is 5.32 Å². The third-order valence-electron chi connectivity index (χ3n) is 4.60. The molecule has 0 aliphatic heterocycles. The maximum Gasteiger partial charge on any atom is 0.224 e. The van der Waals surface area contributed by atoms with E-state index in [4.69, 9.17) is 15.2 Å². The lowest BCUT2D eigenvalue weighted by molar-refractivity contribution is -0.117. The van der Waals surface area contributed by atoms with E-state index in [0.29, 0.717) is 29.6 Å². The van der Waals surface area contributed by atoms with Crippen molar-refractivity contribution >= 4 is 11.6 Å². The number of benzene rings is 2. The minimum atomic E-state index is 0.0146. The lowest BCUT2D eigenvalue weighted by Crippen LogP contribution is -2.28. The highest BCUT2D eigenvalue weighted by Gasteiger charge is 2.25. The van der Waals surface area contributed by atoms with Gasteiger partial charge in [0.25, 0.3) is 0 Å². The molecule has 1 amide bonds. The highest BCUT2D eigenvalue weighted by Crippen LogP contribution is 2.31. The number of nitrogens with one attached hydrogen (secondary N) is 1. The summed E-state index contributed by atoms with van der Waals surface area (Å²) in [5.74, 6) is 2.32. The number of carbonyl (C=O) groups is 1. The van der Waals surface area contributed by atoms with E-state index < -0.39 is 0 Å². The molecule has 1 aliphatic carbocycles. The number of para-hydroxylation sites is 2. The molecule has 2 atom stereocenters. The summed E-state index contributed by atoms with van der Waals surface area (Å²) >= 11 is 0. The summed E-state index contributed by atoms with van der Waals surface area (Å²) in [7, 11) is 1.61. The molecule has 3 N–H and O–H groups in total. The summed E-state index contributed by atoms with van der Waals surface area (Å²) in [5, 5.41) is 2.93. The number of rotatable bonds is 6. The number of ether oxygens (including phenoxy) is 2. The Balaban J connectivity index is 1.57. The largest absolute Gasteiger partial charge is 0.493 e. The van der Waals surface area contributed by atoms with Crippen LogP contribution in [0, 0.1) is 5.92 Å². The molecule has 1 aliphatic rings. The van der Waals surface area contributed by atoms with Crippen LogP contribution in [0.4, 0.5) is 5.69 Å². The van der Waals surface area contributed by atoms with Crippen molar-refractivity contribution in [2.45, 2.75) is 31.7 Å². The number of methoxy groups -OCH3 is 1. The zero-order chi connectivity index (χ0) is 17.6. The first-order valence-electron chi connectivity index (χ1n) is 8.62. The molecule has 3 rings (SSSR count). The van der Waals surface area contributed by atoms with Gasteiger partial charge in [0.2, 0.25) is 5.91 Å². The number of amides is 1. The molecule has 132 valence electrons. The molecule has 2 aromatic rings. The van der Waals surface area contributed by atoms with Gasteiger partial charge in [-0.1, -0.05) is 18.6 Å². The van der Waals surface area contributed by atoms with Gasteiger partial charge in [-0.15, -0.1) is 0 Å². The molecule has 5 heteroatoms. The molecule has 5 nitrogen and oxygen atoms in total. The van der Waals surface area contributed by atoms with Gasteiger partial charge in [-0.05, 0) is 55.2 Å². The predicted molar refractivity (Wildman–Crippen MR) is 98.1 cm³/mol. The minimum absolute atomic E-state index is 0.0146. The van der Waals surface area contributed by atoms with Crippen LogP contribution < -0.4 is 20.5 Å². The highest BCUT2D eigenvalue weighted by atomic mass is 16.5. The Morgan fingerprint density at radius 1 is 1.12 bits per heavy atom. The molecule has 0 unspecified atom stereocenters. The topological polar surface area (TPSA) is 73.6 Å². The van der Waals surface area contributed by atoms with Crippen LogP contribution in [0.25, 0.3) is 0 Å². The van der Waals surface area contributed by atoms with Gasteiger partial charge in [0.1, 0.15) is 5.75 Å². The van der Waals surface area contributed by atoms with Gasteiger partial charge >= 0.3 is 0 Å². The zero-order valence-electron chi connectivity index (χ0n) is 14.4. The molecular formula is C20H24N2O3. The third kappa shape index (κ3) is 4.51. The van der Waals surface area contributed by atoms with E-state index in [-0.39, 0.29) is 11.9 Å². The smallest absolute Gasteiger partial charge is 0.224 e. The van der Waals surface area contributed by atoms with Crippen molar-refractivity contribution in [3.8, 4) is 17.2 Å². The first-order chi connectivity index (χ1) is 12.2. The maximum absolute atomic E-state index is 12.2. The average Bonchev–Trinajstić information content (AvgIpc) is 3.02. The zero-order valence-corrected chi connectivity index (χ0v) is 14.4. The lowest BCUT2D eigenvalue weighted by atomic mass is 10.00. The fourth-order valence-electron chi connectivity index (χ4n) is 3.21. The van der Waals surface area contributed by atoms with Crippen molar-refractivity contribution in [2.75, 3.05) is 12.4 Å².